The molecule has 2 N–H and O–H groups in total. The number of hydrogen-bond acceptors (Lipinski definition) is 8. The number of nitrogens with zero attached hydrogens (tertiary/aromatic N) is 7. The van der Waals surface area contributed by atoms with E-state index in [2.05, 4.69) is 30.5 Å². The van der Waals surface area contributed by atoms with Crippen LogP contribution in [0, 0.1) is 5.41 Å². The van der Waals surface area contributed by atoms with Gasteiger partial charge in [0.2, 0.25) is 0 Å². The highest BCUT2D eigenvalue weighted by atomic mass is 19.3. The van der Waals surface area contributed by atoms with E-state index in [4.69, 9.17) is 5.41 Å². The average molecular weight is 336 g/mol. The molecule has 0 saturated carbocycles. The third-order valence-corrected chi connectivity index (χ3v) is 3.06. The fourth-order valence-electron chi connectivity index (χ4n) is 1.92. The number of aromatic nitrogens is 6. The van der Waals surface area contributed by atoms with Crippen LogP contribution >= 0.6 is 0 Å². The van der Waals surface area contributed by atoms with Crippen LogP contribution in [0.15, 0.2) is 35.2 Å². The Kier molecular flexibility index (Phi) is 4.20. The second-order valence-electron chi connectivity index (χ2n) is 4.62. The number of nitrogens with one attached hydrogen (secondary N) is 1. The Bertz CT molecular complexity index is 835. The summed E-state index contributed by atoms with van der Waals surface area (Å²) in [6, 6.07) is 4.99. The molecule has 2 heterocycles. The van der Waals surface area contributed by atoms with Crippen LogP contribution in [0.25, 0.3) is 0 Å². The molecule has 0 spiro atoms. The van der Waals surface area contributed by atoms with Gasteiger partial charge in [0.15, 0.2) is 11.5 Å². The summed E-state index contributed by atoms with van der Waals surface area (Å²) < 4.78 is 31.4. The van der Waals surface area contributed by atoms with E-state index in [1.54, 1.807) is 0 Å². The Balaban J connectivity index is 1.84. The van der Waals surface area contributed by atoms with Crippen LogP contribution in [-0.4, -0.2) is 41.6 Å². The van der Waals surface area contributed by atoms with Crippen molar-refractivity contribution in [1.29, 1.82) is 5.41 Å². The van der Waals surface area contributed by atoms with Crippen LogP contribution in [0.4, 0.5) is 14.5 Å². The lowest BCUT2D eigenvalue weighted by Crippen LogP contribution is -2.28. The molecule has 12 heteroatoms. The molecule has 0 fully saturated rings. The lowest BCUT2D eigenvalue weighted by Gasteiger charge is -2.17. The minimum absolute atomic E-state index is 0.0193. The van der Waals surface area contributed by atoms with Crippen molar-refractivity contribution in [1.82, 2.24) is 30.5 Å². The third-order valence-electron chi connectivity index (χ3n) is 3.06. The molecule has 24 heavy (non-hydrogen) atoms. The largest absolute Gasteiger partial charge is 0.282 e. The molecule has 0 aliphatic rings. The topological polar surface area (TPSA) is 130 Å². The van der Waals surface area contributed by atoms with E-state index < -0.39 is 12.3 Å². The Morgan fingerprint density at radius 1 is 1.38 bits per heavy atom. The van der Waals surface area contributed by atoms with Crippen molar-refractivity contribution in [2.24, 2.45) is 0 Å². The quantitative estimate of drug-likeness (QED) is 0.404. The predicted molar refractivity (Wildman–Crippen MR) is 73.7 cm³/mol. The molecule has 0 aliphatic carbocycles. The lowest BCUT2D eigenvalue weighted by molar-refractivity contribution is 0.151. The number of halogens is 2. The van der Waals surface area contributed by atoms with E-state index in [9.17, 15) is 14.0 Å². The fourth-order valence-corrected chi connectivity index (χ4v) is 1.92. The molecule has 0 unspecified atom stereocenters. The summed E-state index contributed by atoms with van der Waals surface area (Å²) in [5, 5.41) is 36.3. The zero-order chi connectivity index (χ0) is 17.1. The molecular formula is C12H10F2N8O2. The minimum atomic E-state index is -2.70. The average Bonchev–Trinajstić information content (AvgIpc) is 3.26. The maximum absolute atomic E-state index is 12.7. The molecule has 10 nitrogen and oxygen atoms in total. The van der Waals surface area contributed by atoms with Crippen LogP contribution in [0.3, 0.4) is 0 Å². The van der Waals surface area contributed by atoms with Gasteiger partial charge in [0.05, 0.1) is 12.2 Å². The zero-order valence-electron chi connectivity index (χ0n) is 11.9. The minimum Gasteiger partial charge on any atom is -0.282 e. The van der Waals surface area contributed by atoms with Gasteiger partial charge in [-0.2, -0.15) is 0 Å². The summed E-state index contributed by atoms with van der Waals surface area (Å²) in [4.78, 5) is 0. The lowest BCUT2D eigenvalue weighted by atomic mass is 10.2. The van der Waals surface area contributed by atoms with Crippen LogP contribution in [-0.2, 0) is 6.54 Å². The number of amidine groups is 1. The molecule has 0 radical (unpaired) electrons. The molecule has 0 bridgehead atoms. The summed E-state index contributed by atoms with van der Waals surface area (Å²) in [5.74, 6) is -0.495. The predicted octanol–water partition coefficient (Wildman–Crippen LogP) is 1.26. The Labute approximate surface area is 132 Å². The van der Waals surface area contributed by atoms with Gasteiger partial charge in [-0.05, 0) is 27.7 Å². The van der Waals surface area contributed by atoms with Crippen molar-refractivity contribution in [2.45, 2.75) is 13.0 Å². The molecule has 3 aromatic rings. The van der Waals surface area contributed by atoms with Gasteiger partial charge in [0.1, 0.15) is 12.0 Å². The third kappa shape index (κ3) is 3.08. The number of alkyl halides is 2. The van der Waals surface area contributed by atoms with Gasteiger partial charge in [-0.15, -0.1) is 5.10 Å². The van der Waals surface area contributed by atoms with E-state index in [1.165, 1.54) is 29.2 Å². The molecule has 0 aliphatic heterocycles. The van der Waals surface area contributed by atoms with Crippen molar-refractivity contribution in [3.8, 4) is 0 Å². The number of benzene rings is 1. The standard InChI is InChI=1S/C12H10F2N8O2/c13-11(14)7-2-1-3-8(4-7)22(23)12(15)10-9(17-24-18-10)5-21-6-16-19-20-21/h1-4,6,11,15,23H,5H2. The van der Waals surface area contributed by atoms with Crippen molar-refractivity contribution < 1.29 is 18.6 Å². The van der Waals surface area contributed by atoms with Crippen LogP contribution in [0.5, 0.6) is 0 Å². The SMILES string of the molecule is N=C(c1nonc1Cn1cnnn1)N(O)c1cccc(C(F)F)c1. The second-order valence-corrected chi connectivity index (χ2v) is 4.62. The van der Waals surface area contributed by atoms with Gasteiger partial charge in [0, 0.05) is 5.56 Å². The van der Waals surface area contributed by atoms with Crippen molar-refractivity contribution >= 4 is 11.5 Å². The maximum Gasteiger partial charge on any atom is 0.263 e. The van der Waals surface area contributed by atoms with E-state index in [-0.39, 0.29) is 29.2 Å². The summed E-state index contributed by atoms with van der Waals surface area (Å²) >= 11 is 0. The van der Waals surface area contributed by atoms with Crippen LogP contribution in [0.2, 0.25) is 0 Å². The number of hydrogen-bond donors (Lipinski definition) is 2. The van der Waals surface area contributed by atoms with Gasteiger partial charge in [-0.3, -0.25) is 10.6 Å². The number of rotatable bonds is 5. The highest BCUT2D eigenvalue weighted by molar-refractivity contribution is 6.05. The monoisotopic (exact) mass is 336 g/mol. The zero-order valence-corrected chi connectivity index (χ0v) is 11.9. The second kappa shape index (κ2) is 6.45. The smallest absolute Gasteiger partial charge is 0.263 e. The van der Waals surface area contributed by atoms with Crippen LogP contribution in [0.1, 0.15) is 23.4 Å². The Hall–Kier alpha value is -3.28. The molecule has 2 aromatic heterocycles. The summed E-state index contributed by atoms with van der Waals surface area (Å²) in [5.41, 5.74) is -0.187. The Morgan fingerprint density at radius 2 is 2.21 bits per heavy atom. The van der Waals surface area contributed by atoms with Gasteiger partial charge < -0.3 is 0 Å². The first-order chi connectivity index (χ1) is 11.6. The summed E-state index contributed by atoms with van der Waals surface area (Å²) in [7, 11) is 0. The van der Waals surface area contributed by atoms with E-state index in [0.29, 0.717) is 5.06 Å². The Morgan fingerprint density at radius 3 is 2.92 bits per heavy atom. The fraction of sp³-hybridized carbons (Fsp3) is 0.167. The van der Waals surface area contributed by atoms with E-state index in [0.717, 1.165) is 6.07 Å². The molecular weight excluding hydrogens is 326 g/mol. The van der Waals surface area contributed by atoms with Crippen LogP contribution < -0.4 is 5.06 Å². The van der Waals surface area contributed by atoms with Gasteiger partial charge in [0.25, 0.3) is 6.43 Å². The number of anilines is 1. The molecule has 0 amide bonds. The van der Waals surface area contributed by atoms with Gasteiger partial charge in [-0.1, -0.05) is 17.3 Å². The molecule has 124 valence electrons. The van der Waals surface area contributed by atoms with Crippen molar-refractivity contribution in [2.75, 3.05) is 5.06 Å². The number of tetrazole rings is 1. The molecule has 1 aromatic carbocycles. The van der Waals surface area contributed by atoms with Gasteiger partial charge in [-0.25, -0.2) is 23.2 Å². The summed E-state index contributed by atoms with van der Waals surface area (Å²) in [6.45, 7) is 0.0547. The maximum atomic E-state index is 12.7. The summed E-state index contributed by atoms with van der Waals surface area (Å²) in [6.07, 6.45) is -1.37. The first kappa shape index (κ1) is 15.6. The molecule has 0 atom stereocenters. The van der Waals surface area contributed by atoms with E-state index >= 15 is 0 Å². The van der Waals surface area contributed by atoms with Crippen molar-refractivity contribution in [3.05, 3.63) is 47.5 Å². The normalized spacial score (nSPS) is 11.0. The van der Waals surface area contributed by atoms with Gasteiger partial charge >= 0.3 is 0 Å². The molecule has 3 rings (SSSR count). The first-order valence-corrected chi connectivity index (χ1v) is 6.54. The molecule has 0 saturated heterocycles. The van der Waals surface area contributed by atoms with E-state index in [1.807, 2.05) is 0 Å². The highest BCUT2D eigenvalue weighted by Crippen LogP contribution is 2.24. The highest BCUT2D eigenvalue weighted by Gasteiger charge is 2.22. The first-order valence-electron chi connectivity index (χ1n) is 6.54. The van der Waals surface area contributed by atoms with Crippen molar-refractivity contribution in [3.63, 3.8) is 0 Å². The number of hydroxylamine groups is 1.